The van der Waals surface area contributed by atoms with E-state index in [9.17, 15) is 21.6 Å². The van der Waals surface area contributed by atoms with Crippen LogP contribution < -0.4 is 4.18 Å². The highest BCUT2D eigenvalue weighted by Gasteiger charge is 2.48. The summed E-state index contributed by atoms with van der Waals surface area (Å²) in [5, 5.41) is 0.609. The average Bonchev–Trinajstić information content (AvgIpc) is 2.91. The normalized spacial score (nSPS) is 12.5. The molecule has 0 unspecified atom stereocenters. The summed E-state index contributed by atoms with van der Waals surface area (Å²) < 4.78 is 64.8. The fourth-order valence-corrected chi connectivity index (χ4v) is 2.51. The van der Waals surface area contributed by atoms with Crippen LogP contribution in [-0.4, -0.2) is 28.5 Å². The van der Waals surface area contributed by atoms with Crippen molar-refractivity contribution in [3.8, 4) is 11.6 Å². The van der Waals surface area contributed by atoms with Gasteiger partial charge in [-0.05, 0) is 31.2 Å². The summed E-state index contributed by atoms with van der Waals surface area (Å²) in [7, 11) is -5.74. The first kappa shape index (κ1) is 16.2. The van der Waals surface area contributed by atoms with Gasteiger partial charge in [-0.2, -0.15) is 21.6 Å². The van der Waals surface area contributed by atoms with Crippen LogP contribution >= 0.6 is 0 Å². The van der Waals surface area contributed by atoms with Gasteiger partial charge in [-0.15, -0.1) is 0 Å². The standard InChI is InChI=1S/C14H10F3N3O3S/c1-9-18-6-7-20(9)11-3-4-12-10(8-11)2-5-13(19-12)23-24(21,22)14(15,16)17/h2-8H,1H3. The maximum absolute atomic E-state index is 12.3. The van der Waals surface area contributed by atoms with Gasteiger partial charge in [0.2, 0.25) is 5.88 Å². The third kappa shape index (κ3) is 2.92. The molecule has 0 amide bonds. The molecule has 0 saturated heterocycles. The molecule has 3 aromatic rings. The number of hydrogen-bond donors (Lipinski definition) is 0. The van der Waals surface area contributed by atoms with Gasteiger partial charge in [-0.1, -0.05) is 0 Å². The Bertz CT molecular complexity index is 1010. The molecule has 0 spiro atoms. The highest BCUT2D eigenvalue weighted by molar-refractivity contribution is 7.87. The Kier molecular flexibility index (Phi) is 3.71. The van der Waals surface area contributed by atoms with Crippen molar-refractivity contribution in [3.63, 3.8) is 0 Å². The van der Waals surface area contributed by atoms with Crippen molar-refractivity contribution in [2.45, 2.75) is 12.4 Å². The van der Waals surface area contributed by atoms with Crippen molar-refractivity contribution in [2.24, 2.45) is 0 Å². The summed E-state index contributed by atoms with van der Waals surface area (Å²) >= 11 is 0. The van der Waals surface area contributed by atoms with E-state index in [2.05, 4.69) is 14.2 Å². The van der Waals surface area contributed by atoms with E-state index >= 15 is 0 Å². The van der Waals surface area contributed by atoms with Crippen LogP contribution in [0.4, 0.5) is 13.2 Å². The van der Waals surface area contributed by atoms with E-state index in [0.29, 0.717) is 10.9 Å². The number of hydrogen-bond acceptors (Lipinski definition) is 5. The molecule has 0 N–H and O–H groups in total. The second-order valence-corrected chi connectivity index (χ2v) is 6.39. The second-order valence-electron chi connectivity index (χ2n) is 4.85. The zero-order chi connectivity index (χ0) is 17.5. The first-order valence-electron chi connectivity index (χ1n) is 6.59. The number of rotatable bonds is 3. The Labute approximate surface area is 134 Å². The van der Waals surface area contributed by atoms with E-state index < -0.39 is 21.5 Å². The molecule has 0 bridgehead atoms. The number of fused-ring (bicyclic) bond motifs is 1. The van der Waals surface area contributed by atoms with Crippen molar-refractivity contribution < 1.29 is 25.8 Å². The number of benzene rings is 1. The molecule has 3 rings (SSSR count). The summed E-state index contributed by atoms with van der Waals surface area (Å²) in [6.07, 6.45) is 3.40. The number of aromatic nitrogens is 3. The highest BCUT2D eigenvalue weighted by Crippen LogP contribution is 2.27. The van der Waals surface area contributed by atoms with Gasteiger partial charge in [0.05, 0.1) is 5.52 Å². The van der Waals surface area contributed by atoms with Crippen LogP contribution in [-0.2, 0) is 10.1 Å². The van der Waals surface area contributed by atoms with E-state index in [1.54, 1.807) is 30.6 Å². The van der Waals surface area contributed by atoms with Crippen molar-refractivity contribution in [3.05, 3.63) is 48.5 Å². The smallest absolute Gasteiger partial charge is 0.355 e. The average molecular weight is 357 g/mol. The number of nitrogens with zero attached hydrogens (tertiary/aromatic N) is 3. The minimum atomic E-state index is -5.74. The molecule has 126 valence electrons. The molecule has 0 atom stereocenters. The van der Waals surface area contributed by atoms with Crippen molar-refractivity contribution >= 4 is 21.0 Å². The predicted octanol–water partition coefficient (Wildman–Crippen LogP) is 2.96. The molecular formula is C14H10F3N3O3S. The third-order valence-electron chi connectivity index (χ3n) is 3.23. The second kappa shape index (κ2) is 5.48. The van der Waals surface area contributed by atoms with Crippen LogP contribution in [0.15, 0.2) is 42.7 Å². The molecule has 0 aliphatic rings. The third-order valence-corrected chi connectivity index (χ3v) is 4.19. The lowest BCUT2D eigenvalue weighted by molar-refractivity contribution is -0.0501. The van der Waals surface area contributed by atoms with Gasteiger partial charge >= 0.3 is 15.6 Å². The molecule has 0 aliphatic heterocycles. The van der Waals surface area contributed by atoms with Gasteiger partial charge in [0.15, 0.2) is 0 Å². The van der Waals surface area contributed by atoms with Gasteiger partial charge in [0.25, 0.3) is 0 Å². The van der Waals surface area contributed by atoms with Gasteiger partial charge in [0, 0.05) is 29.5 Å². The minimum absolute atomic E-state index is 0.298. The van der Waals surface area contributed by atoms with Crippen molar-refractivity contribution in [2.75, 3.05) is 0 Å². The maximum atomic E-state index is 12.3. The van der Waals surface area contributed by atoms with E-state index in [4.69, 9.17) is 0 Å². The maximum Gasteiger partial charge on any atom is 0.534 e. The van der Waals surface area contributed by atoms with Crippen LogP contribution in [0.5, 0.6) is 5.88 Å². The molecule has 2 heterocycles. The van der Waals surface area contributed by atoms with E-state index in [-0.39, 0.29) is 0 Å². The van der Waals surface area contributed by atoms with E-state index in [0.717, 1.165) is 17.6 Å². The Hall–Kier alpha value is -2.62. The number of alkyl halides is 3. The Morgan fingerprint density at radius 1 is 1.17 bits per heavy atom. The molecule has 0 fully saturated rings. The van der Waals surface area contributed by atoms with Gasteiger partial charge in [0.1, 0.15) is 5.82 Å². The van der Waals surface area contributed by atoms with Crippen LogP contribution in [0, 0.1) is 6.92 Å². The quantitative estimate of drug-likeness (QED) is 0.532. The lowest BCUT2D eigenvalue weighted by atomic mass is 10.2. The predicted molar refractivity (Wildman–Crippen MR) is 79.2 cm³/mol. The Morgan fingerprint density at radius 2 is 1.92 bits per heavy atom. The fourth-order valence-electron chi connectivity index (χ4n) is 2.10. The van der Waals surface area contributed by atoms with Crippen molar-refractivity contribution in [1.29, 1.82) is 0 Å². The van der Waals surface area contributed by atoms with Crippen LogP contribution in [0.2, 0.25) is 0 Å². The molecular weight excluding hydrogens is 347 g/mol. The molecule has 10 heteroatoms. The minimum Gasteiger partial charge on any atom is -0.355 e. The monoisotopic (exact) mass is 357 g/mol. The Balaban J connectivity index is 1.98. The topological polar surface area (TPSA) is 74.1 Å². The van der Waals surface area contributed by atoms with Crippen LogP contribution in [0.1, 0.15) is 5.82 Å². The number of pyridine rings is 1. The molecule has 0 radical (unpaired) electrons. The molecule has 2 aromatic heterocycles. The summed E-state index contributed by atoms with van der Waals surface area (Å²) in [5.74, 6) is 0.116. The number of imidazole rings is 1. The fraction of sp³-hybridized carbons (Fsp3) is 0.143. The van der Waals surface area contributed by atoms with Crippen LogP contribution in [0.3, 0.4) is 0 Å². The molecule has 1 aromatic carbocycles. The summed E-state index contributed by atoms with van der Waals surface area (Å²) in [6, 6.07) is 7.48. The van der Waals surface area contributed by atoms with E-state index in [1.807, 2.05) is 11.5 Å². The van der Waals surface area contributed by atoms with Gasteiger partial charge in [-0.25, -0.2) is 9.97 Å². The Morgan fingerprint density at radius 3 is 2.54 bits per heavy atom. The molecule has 0 aliphatic carbocycles. The highest BCUT2D eigenvalue weighted by atomic mass is 32.2. The molecule has 6 nitrogen and oxygen atoms in total. The SMILES string of the molecule is Cc1nccn1-c1ccc2nc(OS(=O)(=O)C(F)(F)F)ccc2c1. The lowest BCUT2D eigenvalue weighted by Crippen LogP contribution is -2.28. The van der Waals surface area contributed by atoms with Crippen molar-refractivity contribution in [1.82, 2.24) is 14.5 Å². The lowest BCUT2D eigenvalue weighted by Gasteiger charge is -2.10. The van der Waals surface area contributed by atoms with E-state index in [1.165, 1.54) is 6.07 Å². The largest absolute Gasteiger partial charge is 0.534 e. The zero-order valence-electron chi connectivity index (χ0n) is 12.1. The first-order valence-corrected chi connectivity index (χ1v) is 8.00. The molecule has 24 heavy (non-hydrogen) atoms. The van der Waals surface area contributed by atoms with Gasteiger partial charge in [-0.3, -0.25) is 0 Å². The summed E-state index contributed by atoms with van der Waals surface area (Å²) in [4.78, 5) is 7.90. The summed E-state index contributed by atoms with van der Waals surface area (Å²) in [6.45, 7) is 1.82. The number of halogens is 3. The summed E-state index contributed by atoms with van der Waals surface area (Å²) in [5.41, 5.74) is -4.42. The molecule has 0 saturated carbocycles. The number of aryl methyl sites for hydroxylation is 1. The van der Waals surface area contributed by atoms with Gasteiger partial charge < -0.3 is 8.75 Å². The first-order chi connectivity index (χ1) is 11.2. The van der Waals surface area contributed by atoms with Crippen LogP contribution in [0.25, 0.3) is 16.6 Å². The zero-order valence-corrected chi connectivity index (χ0v) is 13.0.